The molecule has 90 valence electrons. The summed E-state index contributed by atoms with van der Waals surface area (Å²) in [6, 6.07) is 4.31. The van der Waals surface area contributed by atoms with E-state index < -0.39 is 24.0 Å². The second-order valence-electron chi connectivity index (χ2n) is 3.75. The molecule has 1 aromatic carbocycles. The van der Waals surface area contributed by atoms with E-state index in [0.717, 1.165) is 0 Å². The Hall–Kier alpha value is -1.43. The van der Waals surface area contributed by atoms with Crippen molar-refractivity contribution in [1.29, 1.82) is 0 Å². The molecule has 2 rings (SSSR count). The zero-order valence-electron chi connectivity index (χ0n) is 8.68. The van der Waals surface area contributed by atoms with Crippen LogP contribution in [0.2, 0.25) is 0 Å². The minimum absolute atomic E-state index is 0.122. The van der Waals surface area contributed by atoms with E-state index in [1.807, 2.05) is 0 Å². The van der Waals surface area contributed by atoms with Gasteiger partial charge >= 0.3 is 0 Å². The number of fused-ring (bicyclic) bond motifs is 1. The first-order valence-electron chi connectivity index (χ1n) is 4.96. The van der Waals surface area contributed by atoms with E-state index in [2.05, 4.69) is 5.32 Å². The van der Waals surface area contributed by atoms with Gasteiger partial charge in [0.05, 0.1) is 23.1 Å². The lowest BCUT2D eigenvalue weighted by molar-refractivity contribution is 0.0327. The number of hydrogen-bond acceptors (Lipinski definition) is 4. The van der Waals surface area contributed by atoms with Gasteiger partial charge in [0.2, 0.25) is 0 Å². The lowest BCUT2D eigenvalue weighted by Crippen LogP contribution is -2.20. The molecule has 1 aliphatic rings. The number of amides is 2. The number of halogens is 1. The largest absolute Gasteiger partial charge is 0.389 e. The number of imide groups is 1. The lowest BCUT2D eigenvalue weighted by Gasteiger charge is -2.15. The molecule has 6 heteroatoms. The number of carbonyl (C=O) groups excluding carboxylic acids is 2. The lowest BCUT2D eigenvalue weighted by atomic mass is 10.00. The van der Waals surface area contributed by atoms with Gasteiger partial charge in [0, 0.05) is 0 Å². The Morgan fingerprint density at radius 3 is 2.47 bits per heavy atom. The van der Waals surface area contributed by atoms with Crippen LogP contribution in [0.15, 0.2) is 18.2 Å². The third-order valence-electron chi connectivity index (χ3n) is 2.62. The fourth-order valence-corrected chi connectivity index (χ4v) is 1.84. The highest BCUT2D eigenvalue weighted by atomic mass is 35.5. The highest BCUT2D eigenvalue weighted by Crippen LogP contribution is 2.23. The summed E-state index contributed by atoms with van der Waals surface area (Å²) in [5.41, 5.74) is 0.821. The van der Waals surface area contributed by atoms with E-state index in [1.54, 1.807) is 0 Å². The fraction of sp³-hybridized carbons (Fsp3) is 0.273. The summed E-state index contributed by atoms with van der Waals surface area (Å²) >= 11 is 5.42. The summed E-state index contributed by atoms with van der Waals surface area (Å²) in [5.74, 6) is -1.08. The van der Waals surface area contributed by atoms with Crippen LogP contribution in [0.25, 0.3) is 0 Å². The second kappa shape index (κ2) is 4.44. The molecule has 2 unspecified atom stereocenters. The van der Waals surface area contributed by atoms with Crippen LogP contribution in [0.3, 0.4) is 0 Å². The first-order valence-corrected chi connectivity index (χ1v) is 5.49. The number of nitrogens with one attached hydrogen (secondary N) is 1. The van der Waals surface area contributed by atoms with Crippen molar-refractivity contribution in [2.45, 2.75) is 12.2 Å². The van der Waals surface area contributed by atoms with Crippen molar-refractivity contribution in [3.8, 4) is 0 Å². The van der Waals surface area contributed by atoms with E-state index >= 15 is 0 Å². The van der Waals surface area contributed by atoms with Crippen molar-refractivity contribution in [1.82, 2.24) is 5.32 Å². The molecular weight excluding hydrogens is 246 g/mol. The van der Waals surface area contributed by atoms with Gasteiger partial charge in [-0.25, -0.2) is 0 Å². The maximum absolute atomic E-state index is 11.4. The van der Waals surface area contributed by atoms with Crippen LogP contribution in [0.1, 0.15) is 32.4 Å². The van der Waals surface area contributed by atoms with Gasteiger partial charge in [-0.1, -0.05) is 6.07 Å². The molecule has 0 aliphatic carbocycles. The molecule has 2 amide bonds. The molecule has 1 aliphatic heterocycles. The van der Waals surface area contributed by atoms with E-state index in [4.69, 9.17) is 11.6 Å². The van der Waals surface area contributed by atoms with Crippen molar-refractivity contribution in [3.05, 3.63) is 34.9 Å². The standard InChI is InChI=1S/C11H10ClNO4/c12-4-8(14)9(15)5-1-2-6-7(3-5)11(17)13-10(6)16/h1-3,8-9,14-15H,4H2,(H,13,16,17). The predicted molar refractivity (Wildman–Crippen MR) is 59.9 cm³/mol. The summed E-state index contributed by atoms with van der Waals surface area (Å²) in [6.45, 7) is 0. The zero-order valence-corrected chi connectivity index (χ0v) is 9.44. The summed E-state index contributed by atoms with van der Waals surface area (Å²) < 4.78 is 0. The second-order valence-corrected chi connectivity index (χ2v) is 4.06. The summed E-state index contributed by atoms with van der Waals surface area (Å²) in [6.07, 6.45) is -2.30. The average Bonchev–Trinajstić information content (AvgIpc) is 2.62. The van der Waals surface area contributed by atoms with Gasteiger partial charge in [-0.3, -0.25) is 14.9 Å². The summed E-state index contributed by atoms with van der Waals surface area (Å²) in [5, 5.41) is 21.3. The Balaban J connectivity index is 2.38. The molecule has 3 N–H and O–H groups in total. The number of aliphatic hydroxyl groups excluding tert-OH is 2. The minimum Gasteiger partial charge on any atom is -0.389 e. The molecule has 2 atom stereocenters. The Morgan fingerprint density at radius 2 is 1.82 bits per heavy atom. The Kier molecular flexibility index (Phi) is 3.15. The SMILES string of the molecule is O=C1NC(=O)c2cc(C(O)C(O)CCl)ccc21. The van der Waals surface area contributed by atoms with E-state index in [9.17, 15) is 19.8 Å². The molecule has 0 fully saturated rings. The normalized spacial score (nSPS) is 17.6. The highest BCUT2D eigenvalue weighted by Gasteiger charge is 2.28. The predicted octanol–water partition coefficient (Wildman–Crippen LogP) is 0.203. The number of aliphatic hydroxyl groups is 2. The van der Waals surface area contributed by atoms with E-state index in [0.29, 0.717) is 5.56 Å². The Morgan fingerprint density at radius 1 is 1.18 bits per heavy atom. The molecule has 1 aromatic rings. The van der Waals surface area contributed by atoms with Crippen LogP contribution >= 0.6 is 11.6 Å². The molecule has 0 spiro atoms. The quantitative estimate of drug-likeness (QED) is 0.532. The van der Waals surface area contributed by atoms with Crippen LogP contribution in [0.4, 0.5) is 0 Å². The molecule has 0 aromatic heterocycles. The molecule has 0 saturated heterocycles. The van der Waals surface area contributed by atoms with Crippen LogP contribution in [-0.2, 0) is 0 Å². The molecule has 0 saturated carbocycles. The van der Waals surface area contributed by atoms with Gasteiger partial charge < -0.3 is 10.2 Å². The number of rotatable bonds is 3. The molecule has 0 bridgehead atoms. The Bertz CT molecular complexity index is 488. The number of alkyl halides is 1. The molecular formula is C11H10ClNO4. The van der Waals surface area contributed by atoms with Gasteiger partial charge in [-0.05, 0) is 17.7 Å². The van der Waals surface area contributed by atoms with Crippen LogP contribution in [-0.4, -0.2) is 34.0 Å². The van der Waals surface area contributed by atoms with Gasteiger partial charge in [-0.15, -0.1) is 11.6 Å². The molecule has 1 heterocycles. The smallest absolute Gasteiger partial charge is 0.258 e. The Labute approximate surface area is 102 Å². The first kappa shape index (κ1) is 12.0. The highest BCUT2D eigenvalue weighted by molar-refractivity contribution is 6.21. The van der Waals surface area contributed by atoms with Crippen molar-refractivity contribution < 1.29 is 19.8 Å². The van der Waals surface area contributed by atoms with Crippen LogP contribution < -0.4 is 5.32 Å². The van der Waals surface area contributed by atoms with Crippen molar-refractivity contribution >= 4 is 23.4 Å². The van der Waals surface area contributed by atoms with Crippen LogP contribution in [0.5, 0.6) is 0 Å². The van der Waals surface area contributed by atoms with Gasteiger partial charge in [0.1, 0.15) is 6.10 Å². The zero-order chi connectivity index (χ0) is 12.6. The maximum Gasteiger partial charge on any atom is 0.258 e. The minimum atomic E-state index is -1.18. The van der Waals surface area contributed by atoms with E-state index in [-0.39, 0.29) is 17.0 Å². The first-order chi connectivity index (χ1) is 8.04. The monoisotopic (exact) mass is 255 g/mol. The molecule has 0 radical (unpaired) electrons. The molecule has 17 heavy (non-hydrogen) atoms. The number of hydrogen-bond donors (Lipinski definition) is 3. The van der Waals surface area contributed by atoms with Gasteiger partial charge in [0.25, 0.3) is 11.8 Å². The van der Waals surface area contributed by atoms with Crippen molar-refractivity contribution in [2.24, 2.45) is 0 Å². The summed E-state index contributed by atoms with van der Waals surface area (Å²) in [4.78, 5) is 22.7. The third kappa shape index (κ3) is 2.04. The third-order valence-corrected chi connectivity index (χ3v) is 2.94. The average molecular weight is 256 g/mol. The van der Waals surface area contributed by atoms with Gasteiger partial charge in [0.15, 0.2) is 0 Å². The van der Waals surface area contributed by atoms with Gasteiger partial charge in [-0.2, -0.15) is 0 Å². The maximum atomic E-state index is 11.4. The summed E-state index contributed by atoms with van der Waals surface area (Å²) in [7, 11) is 0. The fourth-order valence-electron chi connectivity index (χ4n) is 1.68. The van der Waals surface area contributed by atoms with Crippen LogP contribution in [0, 0.1) is 0 Å². The number of carbonyl (C=O) groups is 2. The molecule has 5 nitrogen and oxygen atoms in total. The number of benzene rings is 1. The van der Waals surface area contributed by atoms with Crippen molar-refractivity contribution in [3.63, 3.8) is 0 Å². The van der Waals surface area contributed by atoms with Crippen molar-refractivity contribution in [2.75, 3.05) is 5.88 Å². The van der Waals surface area contributed by atoms with E-state index in [1.165, 1.54) is 18.2 Å². The topological polar surface area (TPSA) is 86.6 Å².